The summed E-state index contributed by atoms with van der Waals surface area (Å²) in [4.78, 5) is 31.4. The first-order valence-electron chi connectivity index (χ1n) is 9.20. The van der Waals surface area contributed by atoms with Gasteiger partial charge in [-0.25, -0.2) is 0 Å². The Balaban J connectivity index is 1.61. The minimum Gasteiger partial charge on any atom is -0.375 e. The minimum atomic E-state index is -1.86. The highest BCUT2D eigenvalue weighted by atomic mass is 16.3. The average Bonchev–Trinajstić information content (AvgIpc) is 2.95. The van der Waals surface area contributed by atoms with Crippen LogP contribution in [0.25, 0.3) is 0 Å². The van der Waals surface area contributed by atoms with Crippen molar-refractivity contribution < 1.29 is 14.7 Å². The predicted molar refractivity (Wildman–Crippen MR) is 106 cm³/mol. The highest BCUT2D eigenvalue weighted by Crippen LogP contribution is 2.42. The average molecular weight is 372 g/mol. The number of Topliss-reactive ketones (excluding diaryl/α,β-unsaturated/α-hetero) is 1. The Hall–Kier alpha value is -3.31. The minimum absolute atomic E-state index is 0.309. The molecular formula is C23H20N2O3. The number of carbonyl (C=O) groups is 2. The van der Waals surface area contributed by atoms with Gasteiger partial charge >= 0.3 is 0 Å². The maximum atomic E-state index is 13.2. The summed E-state index contributed by atoms with van der Waals surface area (Å²) in [6.45, 7) is 0.434. The van der Waals surface area contributed by atoms with Crippen LogP contribution in [0.4, 0.5) is 5.69 Å². The van der Waals surface area contributed by atoms with E-state index in [1.165, 1.54) is 6.20 Å². The van der Waals surface area contributed by atoms with E-state index >= 15 is 0 Å². The van der Waals surface area contributed by atoms with Gasteiger partial charge in [-0.2, -0.15) is 0 Å². The second-order valence-corrected chi connectivity index (χ2v) is 6.91. The Morgan fingerprint density at radius 2 is 1.75 bits per heavy atom. The second kappa shape index (κ2) is 7.37. The number of hydrogen-bond acceptors (Lipinski definition) is 4. The number of hydrogen-bond donors (Lipinski definition) is 1. The molecule has 2 heterocycles. The van der Waals surface area contributed by atoms with Crippen LogP contribution in [0.15, 0.2) is 79.1 Å². The van der Waals surface area contributed by atoms with E-state index in [9.17, 15) is 14.7 Å². The standard InChI is InChI=1S/C23H20N2O3/c26-21(18-9-6-13-24-16-18)15-23(28)19-10-4-5-11-20(19)25(22(23)27)14-12-17-7-2-1-3-8-17/h1-11,13,16,28H,12,14-15H2/t23-/m1/s1. The molecule has 0 fully saturated rings. The SMILES string of the molecule is O=C(C[C@]1(O)C(=O)N(CCc2ccccc2)c2ccccc21)c1cccnc1. The van der Waals surface area contributed by atoms with E-state index in [0.29, 0.717) is 29.8 Å². The highest BCUT2D eigenvalue weighted by molar-refractivity contribution is 6.10. The number of carbonyl (C=O) groups excluding carboxylic acids is 2. The quantitative estimate of drug-likeness (QED) is 0.675. The third-order valence-corrected chi connectivity index (χ3v) is 5.11. The summed E-state index contributed by atoms with van der Waals surface area (Å²) in [7, 11) is 0. The molecule has 0 spiro atoms. The molecule has 0 saturated heterocycles. The largest absolute Gasteiger partial charge is 0.375 e. The van der Waals surface area contributed by atoms with Crippen LogP contribution >= 0.6 is 0 Å². The number of para-hydroxylation sites is 1. The van der Waals surface area contributed by atoms with Gasteiger partial charge < -0.3 is 10.0 Å². The third kappa shape index (κ3) is 3.21. The number of rotatable bonds is 6. The van der Waals surface area contributed by atoms with Crippen molar-refractivity contribution >= 4 is 17.4 Å². The van der Waals surface area contributed by atoms with Crippen molar-refractivity contribution in [3.05, 3.63) is 95.8 Å². The van der Waals surface area contributed by atoms with Gasteiger partial charge in [0, 0.05) is 30.1 Å². The van der Waals surface area contributed by atoms with Gasteiger partial charge in [-0.15, -0.1) is 0 Å². The van der Waals surface area contributed by atoms with Crippen molar-refractivity contribution in [2.24, 2.45) is 0 Å². The maximum absolute atomic E-state index is 13.2. The summed E-state index contributed by atoms with van der Waals surface area (Å²) in [5.74, 6) is -0.773. The van der Waals surface area contributed by atoms with E-state index in [0.717, 1.165) is 5.56 Å². The summed E-state index contributed by atoms with van der Waals surface area (Å²) in [5, 5.41) is 11.3. The Morgan fingerprint density at radius 3 is 2.50 bits per heavy atom. The summed E-state index contributed by atoms with van der Waals surface area (Å²) in [5.41, 5.74) is 0.758. The topological polar surface area (TPSA) is 70.5 Å². The van der Waals surface area contributed by atoms with Crippen molar-refractivity contribution in [1.29, 1.82) is 0 Å². The van der Waals surface area contributed by atoms with Gasteiger partial charge in [0.25, 0.3) is 5.91 Å². The van der Waals surface area contributed by atoms with E-state index in [2.05, 4.69) is 4.98 Å². The monoisotopic (exact) mass is 372 g/mol. The van der Waals surface area contributed by atoms with Crippen LogP contribution in [0.1, 0.15) is 27.9 Å². The zero-order valence-electron chi connectivity index (χ0n) is 15.3. The van der Waals surface area contributed by atoms with Crippen molar-refractivity contribution in [3.63, 3.8) is 0 Å². The number of aromatic nitrogens is 1. The molecule has 3 aromatic rings. The molecule has 5 heteroatoms. The van der Waals surface area contributed by atoms with Crippen molar-refractivity contribution in [2.75, 3.05) is 11.4 Å². The van der Waals surface area contributed by atoms with Gasteiger partial charge in [-0.3, -0.25) is 14.6 Å². The molecule has 1 atom stereocenters. The van der Waals surface area contributed by atoms with Gasteiger partial charge in [-0.1, -0.05) is 48.5 Å². The molecule has 0 bridgehead atoms. The lowest BCUT2D eigenvalue weighted by Crippen LogP contribution is -2.42. The zero-order chi connectivity index (χ0) is 19.6. The molecule has 0 aliphatic carbocycles. The van der Waals surface area contributed by atoms with Crippen molar-refractivity contribution in [1.82, 2.24) is 4.98 Å². The fourth-order valence-corrected chi connectivity index (χ4v) is 3.65. The van der Waals surface area contributed by atoms with E-state index in [-0.39, 0.29) is 12.2 Å². The van der Waals surface area contributed by atoms with Crippen molar-refractivity contribution in [3.8, 4) is 0 Å². The summed E-state index contributed by atoms with van der Waals surface area (Å²) in [6.07, 6.45) is 3.38. The molecule has 0 unspecified atom stereocenters. The smallest absolute Gasteiger partial charge is 0.264 e. The normalized spacial score (nSPS) is 18.2. The molecule has 140 valence electrons. The Kier molecular flexibility index (Phi) is 4.75. The number of ketones is 1. The van der Waals surface area contributed by atoms with E-state index in [1.54, 1.807) is 35.4 Å². The first kappa shape index (κ1) is 18.1. The molecular weight excluding hydrogens is 352 g/mol. The van der Waals surface area contributed by atoms with Crippen LogP contribution in [0, 0.1) is 0 Å². The predicted octanol–water partition coefficient (Wildman–Crippen LogP) is 3.13. The Bertz CT molecular complexity index is 1000. The van der Waals surface area contributed by atoms with Crippen LogP contribution in [0.5, 0.6) is 0 Å². The molecule has 4 rings (SSSR count). The Morgan fingerprint density at radius 1 is 1.00 bits per heavy atom. The fourth-order valence-electron chi connectivity index (χ4n) is 3.65. The summed E-state index contributed by atoms with van der Waals surface area (Å²) < 4.78 is 0. The van der Waals surface area contributed by atoms with Crippen LogP contribution in [-0.2, 0) is 16.8 Å². The molecule has 0 radical (unpaired) electrons. The number of anilines is 1. The summed E-state index contributed by atoms with van der Waals surface area (Å²) in [6, 6.07) is 20.3. The number of pyridine rings is 1. The van der Waals surface area contributed by atoms with Crippen LogP contribution in [0.3, 0.4) is 0 Å². The van der Waals surface area contributed by atoms with E-state index < -0.39 is 11.5 Å². The molecule has 1 amide bonds. The molecule has 1 aromatic heterocycles. The van der Waals surface area contributed by atoms with Crippen LogP contribution < -0.4 is 4.90 Å². The molecule has 2 aromatic carbocycles. The fraction of sp³-hybridized carbons (Fsp3) is 0.174. The molecule has 0 saturated carbocycles. The number of nitrogens with zero attached hydrogens (tertiary/aromatic N) is 2. The van der Waals surface area contributed by atoms with Gasteiger partial charge in [-0.05, 0) is 30.2 Å². The lowest BCUT2D eigenvalue weighted by molar-refractivity contribution is -0.135. The Labute approximate surface area is 163 Å². The molecule has 1 aliphatic heterocycles. The lowest BCUT2D eigenvalue weighted by atomic mass is 9.88. The van der Waals surface area contributed by atoms with Crippen LogP contribution in [0.2, 0.25) is 0 Å². The first-order valence-corrected chi connectivity index (χ1v) is 9.20. The van der Waals surface area contributed by atoms with Crippen molar-refractivity contribution in [2.45, 2.75) is 18.4 Å². The van der Waals surface area contributed by atoms with Gasteiger partial charge in [0.15, 0.2) is 11.4 Å². The van der Waals surface area contributed by atoms with Gasteiger partial charge in [0.1, 0.15) is 0 Å². The molecule has 28 heavy (non-hydrogen) atoms. The number of amides is 1. The van der Waals surface area contributed by atoms with Crippen LogP contribution in [-0.4, -0.2) is 28.3 Å². The number of aliphatic hydroxyl groups is 1. The van der Waals surface area contributed by atoms with Gasteiger partial charge in [0.05, 0.1) is 12.1 Å². The maximum Gasteiger partial charge on any atom is 0.264 e. The third-order valence-electron chi connectivity index (χ3n) is 5.11. The zero-order valence-corrected chi connectivity index (χ0v) is 15.3. The van der Waals surface area contributed by atoms with E-state index in [4.69, 9.17) is 0 Å². The second-order valence-electron chi connectivity index (χ2n) is 6.91. The lowest BCUT2D eigenvalue weighted by Gasteiger charge is -2.22. The number of fused-ring (bicyclic) bond motifs is 1. The first-order chi connectivity index (χ1) is 13.6. The molecule has 5 nitrogen and oxygen atoms in total. The van der Waals surface area contributed by atoms with E-state index in [1.807, 2.05) is 42.5 Å². The van der Waals surface area contributed by atoms with Gasteiger partial charge in [0.2, 0.25) is 0 Å². The molecule has 1 N–H and O–H groups in total. The molecule has 1 aliphatic rings. The summed E-state index contributed by atoms with van der Waals surface area (Å²) >= 11 is 0. The highest BCUT2D eigenvalue weighted by Gasteiger charge is 2.50. The number of benzene rings is 2.